The molecule has 0 unspecified atom stereocenters. The van der Waals surface area contributed by atoms with E-state index < -0.39 is 74.8 Å². The fourth-order valence-corrected chi connectivity index (χ4v) is 3.83. The summed E-state index contributed by atoms with van der Waals surface area (Å²) >= 11 is 0. The van der Waals surface area contributed by atoms with E-state index in [0.717, 1.165) is 0 Å². The summed E-state index contributed by atoms with van der Waals surface area (Å²) in [4.78, 5) is 12.4. The molecule has 0 spiro atoms. The Labute approximate surface area is 205 Å². The topological polar surface area (TPSA) is 226 Å². The van der Waals surface area contributed by atoms with E-state index in [1.165, 1.54) is 24.3 Å². The van der Waals surface area contributed by atoms with E-state index in [4.69, 9.17) is 23.1 Å². The standard InChI is InChI=1S/C13H16O15S3.Na/c14-13(8-4-2-1-3-5-8)26-11-10(27-30(18,19)20)6-24-9(7-25-29(15,16)17)12(11)28-31(21,22)23;/h1-5,9-12H,6-7H2,(H,15,16,17)(H,18,19,20)(H,21,22,23);/q;+1/t9-,10+,11-,12-;/m1./s1. The zero-order chi connectivity index (χ0) is 23.4. The van der Waals surface area contributed by atoms with Crippen LogP contribution in [-0.4, -0.2) is 82.5 Å². The van der Waals surface area contributed by atoms with Crippen LogP contribution in [0.5, 0.6) is 0 Å². The Morgan fingerprint density at radius 1 is 0.906 bits per heavy atom. The maximum Gasteiger partial charge on any atom is 1.00 e. The van der Waals surface area contributed by atoms with Crippen molar-refractivity contribution in [1.82, 2.24) is 0 Å². The molecule has 4 atom stereocenters. The number of hydrogen-bond acceptors (Lipinski definition) is 12. The van der Waals surface area contributed by atoms with E-state index >= 15 is 0 Å². The Morgan fingerprint density at radius 2 is 1.47 bits per heavy atom. The van der Waals surface area contributed by atoms with Crippen LogP contribution in [0.3, 0.4) is 0 Å². The van der Waals surface area contributed by atoms with Gasteiger partial charge in [0.2, 0.25) is 0 Å². The third-order valence-corrected chi connectivity index (χ3v) is 5.03. The third-order valence-electron chi connectivity index (χ3n) is 3.64. The number of carbonyl (C=O) groups excluding carboxylic acids is 1. The molecule has 1 heterocycles. The number of carbonyl (C=O) groups is 1. The molecular formula is C13H16NaO15S3+. The van der Waals surface area contributed by atoms with Gasteiger partial charge in [0.15, 0.2) is 6.10 Å². The number of esters is 1. The largest absolute Gasteiger partial charge is 1.00 e. The number of hydrogen-bond donors (Lipinski definition) is 3. The van der Waals surface area contributed by atoms with Gasteiger partial charge in [-0.3, -0.25) is 13.7 Å². The van der Waals surface area contributed by atoms with Crippen molar-refractivity contribution in [3.63, 3.8) is 0 Å². The molecule has 176 valence electrons. The van der Waals surface area contributed by atoms with Gasteiger partial charge in [-0.15, -0.1) is 0 Å². The summed E-state index contributed by atoms with van der Waals surface area (Å²) in [7, 11) is -15.5. The van der Waals surface area contributed by atoms with Crippen LogP contribution >= 0.6 is 0 Å². The van der Waals surface area contributed by atoms with Gasteiger partial charge in [0.05, 0.1) is 18.8 Å². The van der Waals surface area contributed by atoms with E-state index in [9.17, 15) is 30.0 Å². The van der Waals surface area contributed by atoms with Crippen molar-refractivity contribution in [2.45, 2.75) is 24.4 Å². The Balaban J connectivity index is 0.00000512. The predicted octanol–water partition coefficient (Wildman–Crippen LogP) is -4.19. The molecule has 0 amide bonds. The number of rotatable bonds is 9. The Bertz CT molecular complexity index is 1090. The fourth-order valence-electron chi connectivity index (χ4n) is 2.53. The zero-order valence-corrected chi connectivity index (χ0v) is 20.5. The average molecular weight is 531 g/mol. The van der Waals surface area contributed by atoms with E-state index in [0.29, 0.717) is 0 Å². The summed E-state index contributed by atoms with van der Waals surface area (Å²) in [6, 6.07) is 7.03. The van der Waals surface area contributed by atoms with Crippen molar-refractivity contribution in [1.29, 1.82) is 0 Å². The van der Waals surface area contributed by atoms with Crippen molar-refractivity contribution in [2.24, 2.45) is 0 Å². The molecule has 1 aromatic rings. The first-order valence-corrected chi connectivity index (χ1v) is 12.0. The minimum absolute atomic E-state index is 0. The predicted molar refractivity (Wildman–Crippen MR) is 95.7 cm³/mol. The maximum absolute atomic E-state index is 12.4. The van der Waals surface area contributed by atoms with E-state index in [1.807, 2.05) is 0 Å². The SMILES string of the molecule is O=C(O[C@H]1[C@H](OS(=O)(=O)O)[C@@H](COS(=O)(=O)O)OC[C@@H]1OS(=O)(=O)O)c1ccccc1.[Na+]. The molecule has 2 rings (SSSR count). The van der Waals surface area contributed by atoms with Gasteiger partial charge >= 0.3 is 66.7 Å². The van der Waals surface area contributed by atoms with Crippen LogP contribution in [0.1, 0.15) is 10.4 Å². The summed E-state index contributed by atoms with van der Waals surface area (Å²) in [6.07, 6.45) is -7.78. The van der Waals surface area contributed by atoms with E-state index in [2.05, 4.69) is 12.5 Å². The molecule has 0 bridgehead atoms. The second kappa shape index (κ2) is 11.6. The van der Waals surface area contributed by atoms with Crippen LogP contribution in [0.15, 0.2) is 30.3 Å². The quantitative estimate of drug-likeness (QED) is 0.156. The maximum atomic E-state index is 12.4. The van der Waals surface area contributed by atoms with Gasteiger partial charge in [-0.25, -0.2) is 17.3 Å². The molecule has 32 heavy (non-hydrogen) atoms. The summed E-state index contributed by atoms with van der Waals surface area (Å²) in [6.45, 7) is -1.91. The summed E-state index contributed by atoms with van der Waals surface area (Å²) in [5, 5.41) is 0. The minimum atomic E-state index is -5.32. The van der Waals surface area contributed by atoms with Crippen molar-refractivity contribution in [2.75, 3.05) is 13.2 Å². The Kier molecular flexibility index (Phi) is 10.6. The first-order chi connectivity index (χ1) is 14.1. The molecule has 3 N–H and O–H groups in total. The van der Waals surface area contributed by atoms with Crippen LogP contribution in [0.25, 0.3) is 0 Å². The molecule has 0 aliphatic carbocycles. The van der Waals surface area contributed by atoms with Gasteiger partial charge in [0.25, 0.3) is 0 Å². The first-order valence-electron chi connectivity index (χ1n) is 7.95. The van der Waals surface area contributed by atoms with Crippen LogP contribution in [-0.2, 0) is 53.2 Å². The van der Waals surface area contributed by atoms with Gasteiger partial charge in [-0.2, -0.15) is 25.3 Å². The van der Waals surface area contributed by atoms with E-state index in [-0.39, 0.29) is 35.1 Å². The average Bonchev–Trinajstić information content (AvgIpc) is 2.61. The molecular weight excluding hydrogens is 515 g/mol. The summed E-state index contributed by atoms with van der Waals surface area (Å²) in [5.74, 6) is -1.13. The Hall–Kier alpha value is -0.740. The molecule has 1 aliphatic heterocycles. The fraction of sp³-hybridized carbons (Fsp3) is 0.462. The third kappa shape index (κ3) is 10.0. The second-order valence-corrected chi connectivity index (χ2v) is 9.06. The van der Waals surface area contributed by atoms with Crippen LogP contribution in [0.2, 0.25) is 0 Å². The van der Waals surface area contributed by atoms with Crippen LogP contribution < -0.4 is 29.6 Å². The van der Waals surface area contributed by atoms with Crippen molar-refractivity contribution < 1.29 is 95.3 Å². The van der Waals surface area contributed by atoms with Gasteiger partial charge in [0.1, 0.15) is 18.3 Å². The van der Waals surface area contributed by atoms with Crippen LogP contribution in [0.4, 0.5) is 0 Å². The monoisotopic (exact) mass is 531 g/mol. The van der Waals surface area contributed by atoms with Gasteiger partial charge in [-0.05, 0) is 12.1 Å². The van der Waals surface area contributed by atoms with Crippen molar-refractivity contribution >= 4 is 37.2 Å². The second-order valence-electron chi connectivity index (χ2n) is 5.87. The molecule has 1 fully saturated rings. The molecule has 0 aromatic heterocycles. The zero-order valence-electron chi connectivity index (χ0n) is 16.1. The van der Waals surface area contributed by atoms with Gasteiger partial charge in [0, 0.05) is 0 Å². The van der Waals surface area contributed by atoms with Crippen molar-refractivity contribution in [3.05, 3.63) is 35.9 Å². The molecule has 0 radical (unpaired) electrons. The Morgan fingerprint density at radius 3 is 1.97 bits per heavy atom. The van der Waals surface area contributed by atoms with Crippen LogP contribution in [0, 0.1) is 0 Å². The molecule has 0 saturated carbocycles. The van der Waals surface area contributed by atoms with Crippen molar-refractivity contribution in [3.8, 4) is 0 Å². The smallest absolute Gasteiger partial charge is 0.453 e. The normalized spacial score (nSPS) is 24.3. The van der Waals surface area contributed by atoms with E-state index in [1.54, 1.807) is 6.07 Å². The molecule has 1 saturated heterocycles. The van der Waals surface area contributed by atoms with Gasteiger partial charge < -0.3 is 9.47 Å². The summed E-state index contributed by atoms with van der Waals surface area (Å²) < 4.78 is 116. The molecule has 19 heteroatoms. The number of benzene rings is 1. The molecule has 1 aliphatic rings. The first kappa shape index (κ1) is 29.3. The summed E-state index contributed by atoms with van der Waals surface area (Å²) in [5.41, 5.74) is -0.0732. The minimum Gasteiger partial charge on any atom is -0.453 e. The van der Waals surface area contributed by atoms with Gasteiger partial charge in [-0.1, -0.05) is 18.2 Å². The molecule has 15 nitrogen and oxygen atoms in total. The number of ether oxygens (including phenoxy) is 2. The molecule has 1 aromatic carbocycles.